The lowest BCUT2D eigenvalue weighted by atomic mass is 10.0. The highest BCUT2D eigenvalue weighted by molar-refractivity contribution is 7.91. The predicted molar refractivity (Wildman–Crippen MR) is 52.9 cm³/mol. The Labute approximate surface area is 87.4 Å². The van der Waals surface area contributed by atoms with Crippen LogP contribution in [-0.2, 0) is 19.4 Å². The smallest absolute Gasteiger partial charge is 0.295 e. The molecule has 84 valence electrons. The van der Waals surface area contributed by atoms with Gasteiger partial charge in [0, 0.05) is 6.26 Å². The fraction of sp³-hybridized carbons (Fsp3) is 0.750. The molecule has 1 aliphatic carbocycles. The number of amides is 1. The van der Waals surface area contributed by atoms with Crippen LogP contribution in [0.5, 0.6) is 0 Å². The Balaban J connectivity index is 2.42. The zero-order valence-corrected chi connectivity index (χ0v) is 9.08. The zero-order chi connectivity index (χ0) is 11.3. The van der Waals surface area contributed by atoms with Gasteiger partial charge in [-0.2, -0.15) is 4.99 Å². The lowest BCUT2D eigenvalue weighted by Crippen LogP contribution is -2.48. The van der Waals surface area contributed by atoms with Gasteiger partial charge in [0.1, 0.15) is 5.25 Å². The van der Waals surface area contributed by atoms with Gasteiger partial charge in [0.2, 0.25) is 5.60 Å². The highest BCUT2D eigenvalue weighted by atomic mass is 32.2. The minimum Gasteiger partial charge on any atom is -0.447 e. The van der Waals surface area contributed by atoms with Crippen LogP contribution in [0, 0.1) is 0 Å². The monoisotopic (exact) mass is 232 g/mol. The van der Waals surface area contributed by atoms with E-state index >= 15 is 0 Å². The molecule has 2 atom stereocenters. The number of rotatable bonds is 1. The van der Waals surface area contributed by atoms with Crippen molar-refractivity contribution in [2.24, 2.45) is 10.7 Å². The van der Waals surface area contributed by atoms with Gasteiger partial charge >= 0.3 is 0 Å². The third-order valence-corrected chi connectivity index (χ3v) is 4.56. The van der Waals surface area contributed by atoms with E-state index in [-0.39, 0.29) is 6.02 Å². The summed E-state index contributed by atoms with van der Waals surface area (Å²) < 4.78 is 28.2. The van der Waals surface area contributed by atoms with E-state index in [1.165, 1.54) is 0 Å². The number of carbonyl (C=O) groups is 1. The molecule has 0 saturated heterocycles. The quantitative estimate of drug-likeness (QED) is 0.637. The molecular weight excluding hydrogens is 220 g/mol. The van der Waals surface area contributed by atoms with E-state index in [0.29, 0.717) is 19.3 Å². The highest BCUT2D eigenvalue weighted by Gasteiger charge is 2.58. The first kappa shape index (κ1) is 10.4. The van der Waals surface area contributed by atoms with E-state index in [4.69, 9.17) is 10.5 Å². The molecular formula is C8H12N2O4S. The molecule has 2 aliphatic rings. The summed E-state index contributed by atoms with van der Waals surface area (Å²) in [5.41, 5.74) is 3.96. The van der Waals surface area contributed by atoms with Crippen molar-refractivity contribution in [1.29, 1.82) is 0 Å². The third kappa shape index (κ3) is 1.41. The van der Waals surface area contributed by atoms with Crippen LogP contribution in [0.15, 0.2) is 4.99 Å². The third-order valence-electron chi connectivity index (χ3n) is 2.91. The van der Waals surface area contributed by atoms with Crippen molar-refractivity contribution in [3.05, 3.63) is 0 Å². The Hall–Kier alpha value is -1.11. The molecule has 2 unspecified atom stereocenters. The van der Waals surface area contributed by atoms with Crippen LogP contribution in [0.2, 0.25) is 0 Å². The van der Waals surface area contributed by atoms with Crippen LogP contribution < -0.4 is 5.73 Å². The van der Waals surface area contributed by atoms with Crippen molar-refractivity contribution in [2.75, 3.05) is 6.26 Å². The van der Waals surface area contributed by atoms with Crippen LogP contribution in [-0.4, -0.2) is 37.5 Å². The van der Waals surface area contributed by atoms with E-state index in [1.807, 2.05) is 0 Å². The summed E-state index contributed by atoms with van der Waals surface area (Å²) in [4.78, 5) is 15.1. The second-order valence-electron chi connectivity index (χ2n) is 3.96. The standard InChI is InChI=1S/C8H12N2O4S/c1-15(12,13)5-3-2-4-8(5)6(11)10-7(9)14-8/h5H,2-4H2,1H3,(H2,9,10,11). The zero-order valence-electron chi connectivity index (χ0n) is 8.26. The van der Waals surface area contributed by atoms with Crippen molar-refractivity contribution in [2.45, 2.75) is 30.1 Å². The molecule has 1 aliphatic heterocycles. The molecule has 2 rings (SSSR count). The van der Waals surface area contributed by atoms with Crippen LogP contribution in [0.1, 0.15) is 19.3 Å². The molecule has 2 N–H and O–H groups in total. The number of sulfone groups is 1. The summed E-state index contributed by atoms with van der Waals surface area (Å²) >= 11 is 0. The molecule has 0 radical (unpaired) electrons. The second kappa shape index (κ2) is 2.94. The van der Waals surface area contributed by atoms with Gasteiger partial charge in [0.25, 0.3) is 11.9 Å². The average Bonchev–Trinajstić information content (AvgIpc) is 2.57. The van der Waals surface area contributed by atoms with E-state index < -0.39 is 26.6 Å². The SMILES string of the molecule is CS(=O)(=O)C1CCCC12OC(N)=NC2=O. The molecule has 1 heterocycles. The van der Waals surface area contributed by atoms with Crippen LogP contribution in [0.25, 0.3) is 0 Å². The molecule has 6 nitrogen and oxygen atoms in total. The van der Waals surface area contributed by atoms with Crippen LogP contribution >= 0.6 is 0 Å². The van der Waals surface area contributed by atoms with Crippen LogP contribution in [0.3, 0.4) is 0 Å². The number of aliphatic imine (C=N–C) groups is 1. The second-order valence-corrected chi connectivity index (χ2v) is 6.19. The maximum absolute atomic E-state index is 11.6. The fourth-order valence-electron chi connectivity index (χ4n) is 2.31. The maximum Gasteiger partial charge on any atom is 0.295 e. The summed E-state index contributed by atoms with van der Waals surface area (Å²) in [6, 6.07) is -0.226. The van der Waals surface area contributed by atoms with E-state index in [0.717, 1.165) is 6.26 Å². The molecule has 1 fully saturated rings. The Morgan fingerprint density at radius 2 is 2.27 bits per heavy atom. The van der Waals surface area contributed by atoms with Gasteiger partial charge in [-0.05, 0) is 19.3 Å². The van der Waals surface area contributed by atoms with E-state index in [1.54, 1.807) is 0 Å². The number of nitrogens with two attached hydrogens (primary N) is 1. The Kier molecular flexibility index (Phi) is 2.04. The number of hydrogen-bond acceptors (Lipinski definition) is 5. The summed E-state index contributed by atoms with van der Waals surface area (Å²) in [6.07, 6.45) is 2.53. The lowest BCUT2D eigenvalue weighted by molar-refractivity contribution is -0.130. The van der Waals surface area contributed by atoms with Gasteiger partial charge < -0.3 is 10.5 Å². The molecule has 15 heavy (non-hydrogen) atoms. The number of nitrogens with zero attached hydrogens (tertiary/aromatic N) is 1. The number of hydrogen-bond donors (Lipinski definition) is 1. The maximum atomic E-state index is 11.6. The minimum absolute atomic E-state index is 0.226. The van der Waals surface area contributed by atoms with Crippen molar-refractivity contribution >= 4 is 21.8 Å². The molecule has 0 aromatic heterocycles. The first-order chi connectivity index (χ1) is 6.86. The highest BCUT2D eigenvalue weighted by Crippen LogP contribution is 2.40. The minimum atomic E-state index is -3.33. The summed E-state index contributed by atoms with van der Waals surface area (Å²) in [7, 11) is -3.33. The van der Waals surface area contributed by atoms with Crippen molar-refractivity contribution in [3.8, 4) is 0 Å². The molecule has 1 saturated carbocycles. The summed E-state index contributed by atoms with van der Waals surface area (Å²) in [5.74, 6) is -0.562. The van der Waals surface area contributed by atoms with E-state index in [9.17, 15) is 13.2 Å². The largest absolute Gasteiger partial charge is 0.447 e. The lowest BCUT2D eigenvalue weighted by Gasteiger charge is -2.26. The van der Waals surface area contributed by atoms with Crippen LogP contribution in [0.4, 0.5) is 0 Å². The number of ether oxygens (including phenoxy) is 1. The van der Waals surface area contributed by atoms with Gasteiger partial charge in [-0.25, -0.2) is 8.42 Å². The molecule has 0 aromatic carbocycles. The van der Waals surface area contributed by atoms with Gasteiger partial charge in [-0.15, -0.1) is 0 Å². The molecule has 1 amide bonds. The van der Waals surface area contributed by atoms with Gasteiger partial charge in [-0.3, -0.25) is 4.79 Å². The Bertz CT molecular complexity index is 442. The van der Waals surface area contributed by atoms with Gasteiger partial charge in [-0.1, -0.05) is 0 Å². The van der Waals surface area contributed by atoms with Crippen molar-refractivity contribution in [3.63, 3.8) is 0 Å². The summed E-state index contributed by atoms with van der Waals surface area (Å²) in [6.45, 7) is 0. The Morgan fingerprint density at radius 1 is 1.60 bits per heavy atom. The number of carbonyl (C=O) groups excluding carboxylic acids is 1. The molecule has 0 aromatic rings. The Morgan fingerprint density at radius 3 is 2.73 bits per heavy atom. The topological polar surface area (TPSA) is 98.8 Å². The van der Waals surface area contributed by atoms with Gasteiger partial charge in [0.15, 0.2) is 9.84 Å². The number of amidine groups is 1. The molecule has 0 bridgehead atoms. The normalized spacial score (nSPS) is 35.7. The predicted octanol–water partition coefficient (Wildman–Crippen LogP) is -0.806. The molecule has 1 spiro atoms. The summed E-state index contributed by atoms with van der Waals surface area (Å²) in [5, 5.41) is -0.817. The molecule has 7 heteroatoms. The van der Waals surface area contributed by atoms with E-state index in [2.05, 4.69) is 4.99 Å². The first-order valence-corrected chi connectivity index (χ1v) is 6.58. The first-order valence-electron chi connectivity index (χ1n) is 4.63. The van der Waals surface area contributed by atoms with Gasteiger partial charge in [0.05, 0.1) is 0 Å². The fourth-order valence-corrected chi connectivity index (χ4v) is 3.87. The van der Waals surface area contributed by atoms with Crippen molar-refractivity contribution < 1.29 is 17.9 Å². The van der Waals surface area contributed by atoms with Crippen molar-refractivity contribution in [1.82, 2.24) is 0 Å². The average molecular weight is 232 g/mol.